The second-order valence-electron chi connectivity index (χ2n) is 10.4. The molecule has 6 nitrogen and oxygen atoms in total. The van der Waals surface area contributed by atoms with Crippen LogP contribution in [0.15, 0.2) is 66.9 Å². The van der Waals surface area contributed by atoms with E-state index in [9.17, 15) is 0 Å². The maximum atomic E-state index is 6.36. The number of halogens is 1. The number of anilines is 2. The topological polar surface area (TPSA) is 63.2 Å². The number of aromatic nitrogens is 3. The number of benzene rings is 2. The molecule has 4 aromatic rings. The van der Waals surface area contributed by atoms with E-state index < -0.39 is 0 Å². The number of ether oxygens (including phenoxy) is 1. The first-order chi connectivity index (χ1) is 17.9. The Kier molecular flexibility index (Phi) is 7.74. The molecule has 1 fully saturated rings. The number of piperidine rings is 1. The average molecular weight is 534 g/mol. The first-order valence-corrected chi connectivity index (χ1v) is 13.8. The highest BCUT2D eigenvalue weighted by Gasteiger charge is 2.25. The number of rotatable bonds is 7. The molecule has 1 N–H and O–H groups in total. The van der Waals surface area contributed by atoms with Crippen molar-refractivity contribution >= 4 is 33.8 Å². The van der Waals surface area contributed by atoms with Crippen molar-refractivity contribution in [2.45, 2.75) is 51.5 Å². The maximum absolute atomic E-state index is 6.36. The quantitative estimate of drug-likeness (QED) is 0.261. The highest BCUT2D eigenvalue weighted by atomic mass is 35.5. The lowest BCUT2D eigenvalue weighted by Crippen LogP contribution is -2.32. The number of nitrogens with one attached hydrogen (secondary N) is 1. The van der Waals surface area contributed by atoms with E-state index in [1.807, 2.05) is 48.5 Å². The lowest BCUT2D eigenvalue weighted by molar-refractivity contribution is 0.204. The molecule has 1 saturated heterocycles. The van der Waals surface area contributed by atoms with E-state index >= 15 is 0 Å². The Bertz CT molecular complexity index is 1340. The van der Waals surface area contributed by atoms with Gasteiger partial charge in [-0.15, -0.1) is 10.2 Å². The molecule has 0 amide bonds. The molecule has 1 aliphatic rings. The van der Waals surface area contributed by atoms with Crippen LogP contribution in [-0.4, -0.2) is 33.2 Å². The van der Waals surface area contributed by atoms with Gasteiger partial charge in [-0.2, -0.15) is 0 Å². The number of hydrogen-bond acceptors (Lipinski definition) is 7. The van der Waals surface area contributed by atoms with Gasteiger partial charge in [0.05, 0.1) is 0 Å². The first-order valence-electron chi connectivity index (χ1n) is 12.7. The summed E-state index contributed by atoms with van der Waals surface area (Å²) in [6, 6.07) is 20.0. The van der Waals surface area contributed by atoms with Crippen molar-refractivity contribution in [2.24, 2.45) is 0 Å². The summed E-state index contributed by atoms with van der Waals surface area (Å²) < 4.78 is 6.30. The standard InChI is InChI=1S/C29H32ClN5OS/c1-29(2,3)22-10-5-7-13-25(22)36-26-24(12-8-16-31-26)32-28-34-33-27(37-28)20-14-17-35(18-15-20)19-21-9-4-6-11-23(21)30/h4-13,16,20H,14-15,17-19H2,1-3H3,(H,32,34). The van der Waals surface area contributed by atoms with Gasteiger partial charge < -0.3 is 10.1 Å². The molecule has 192 valence electrons. The van der Waals surface area contributed by atoms with Gasteiger partial charge in [0.1, 0.15) is 16.4 Å². The fourth-order valence-electron chi connectivity index (χ4n) is 4.62. The molecule has 0 atom stereocenters. The van der Waals surface area contributed by atoms with Crippen LogP contribution < -0.4 is 10.1 Å². The van der Waals surface area contributed by atoms with Gasteiger partial charge in [-0.05, 0) is 61.2 Å². The van der Waals surface area contributed by atoms with Gasteiger partial charge in [0.25, 0.3) is 0 Å². The SMILES string of the molecule is CC(C)(C)c1ccccc1Oc1ncccc1Nc1nnc(C2CCN(Cc3ccccc3Cl)CC2)s1. The van der Waals surface area contributed by atoms with Crippen molar-refractivity contribution in [2.75, 3.05) is 18.4 Å². The largest absolute Gasteiger partial charge is 0.437 e. The highest BCUT2D eigenvalue weighted by molar-refractivity contribution is 7.15. The fraction of sp³-hybridized carbons (Fsp3) is 0.345. The second kappa shape index (κ2) is 11.2. The second-order valence-corrected chi connectivity index (χ2v) is 11.8. The molecule has 3 heterocycles. The summed E-state index contributed by atoms with van der Waals surface area (Å²) in [5, 5.41) is 15.0. The number of likely N-dealkylation sites (tertiary alicyclic amines) is 1. The Morgan fingerprint density at radius 1 is 1.00 bits per heavy atom. The van der Waals surface area contributed by atoms with Crippen molar-refractivity contribution in [1.82, 2.24) is 20.1 Å². The zero-order valence-corrected chi connectivity index (χ0v) is 23.0. The minimum Gasteiger partial charge on any atom is -0.437 e. The van der Waals surface area contributed by atoms with Crippen molar-refractivity contribution in [3.8, 4) is 11.6 Å². The number of pyridine rings is 1. The minimum atomic E-state index is -0.0456. The summed E-state index contributed by atoms with van der Waals surface area (Å²) in [5.74, 6) is 1.74. The number of nitrogens with zero attached hydrogens (tertiary/aromatic N) is 4. The monoisotopic (exact) mass is 533 g/mol. The normalized spacial score (nSPS) is 15.0. The molecule has 5 rings (SSSR count). The van der Waals surface area contributed by atoms with E-state index in [0.29, 0.717) is 11.8 Å². The fourth-order valence-corrected chi connectivity index (χ4v) is 5.74. The molecule has 2 aromatic heterocycles. The van der Waals surface area contributed by atoms with E-state index in [0.717, 1.165) is 64.6 Å². The third-order valence-corrected chi connectivity index (χ3v) is 8.01. The van der Waals surface area contributed by atoms with Crippen LogP contribution >= 0.6 is 22.9 Å². The van der Waals surface area contributed by atoms with Gasteiger partial charge >= 0.3 is 0 Å². The summed E-state index contributed by atoms with van der Waals surface area (Å²) in [5.41, 5.74) is 3.04. The molecule has 0 bridgehead atoms. The Hall–Kier alpha value is -3.00. The Balaban J connectivity index is 1.23. The average Bonchev–Trinajstić information content (AvgIpc) is 3.35. The van der Waals surface area contributed by atoms with Crippen molar-refractivity contribution in [3.63, 3.8) is 0 Å². The van der Waals surface area contributed by atoms with Crippen LogP contribution in [0.2, 0.25) is 5.02 Å². The van der Waals surface area contributed by atoms with Gasteiger partial charge in [-0.1, -0.05) is 80.1 Å². The Morgan fingerprint density at radius 3 is 2.54 bits per heavy atom. The van der Waals surface area contributed by atoms with Gasteiger partial charge in [-0.25, -0.2) is 4.98 Å². The van der Waals surface area contributed by atoms with E-state index in [2.05, 4.69) is 58.3 Å². The van der Waals surface area contributed by atoms with Crippen molar-refractivity contribution in [3.05, 3.63) is 88.0 Å². The molecular formula is C29H32ClN5OS. The van der Waals surface area contributed by atoms with Crippen LogP contribution in [-0.2, 0) is 12.0 Å². The van der Waals surface area contributed by atoms with E-state index in [4.69, 9.17) is 16.3 Å². The molecular weight excluding hydrogens is 502 g/mol. The zero-order chi connectivity index (χ0) is 25.8. The number of para-hydroxylation sites is 1. The molecule has 0 radical (unpaired) electrons. The maximum Gasteiger partial charge on any atom is 0.243 e. The van der Waals surface area contributed by atoms with Crippen LogP contribution in [0.4, 0.5) is 10.8 Å². The minimum absolute atomic E-state index is 0.0456. The van der Waals surface area contributed by atoms with Gasteiger partial charge in [0.2, 0.25) is 11.0 Å². The number of hydrogen-bond donors (Lipinski definition) is 1. The Morgan fingerprint density at radius 2 is 1.76 bits per heavy atom. The third kappa shape index (κ3) is 6.29. The zero-order valence-electron chi connectivity index (χ0n) is 21.4. The lowest BCUT2D eigenvalue weighted by atomic mass is 9.86. The van der Waals surface area contributed by atoms with Crippen molar-refractivity contribution in [1.29, 1.82) is 0 Å². The van der Waals surface area contributed by atoms with E-state index in [1.54, 1.807) is 17.5 Å². The molecule has 8 heteroatoms. The molecule has 0 spiro atoms. The molecule has 0 aliphatic carbocycles. The Labute approximate surface area is 227 Å². The van der Waals surface area contributed by atoms with E-state index in [1.165, 1.54) is 5.56 Å². The summed E-state index contributed by atoms with van der Waals surface area (Å²) in [6.45, 7) is 9.46. The first kappa shape index (κ1) is 25.6. The molecule has 37 heavy (non-hydrogen) atoms. The summed E-state index contributed by atoms with van der Waals surface area (Å²) in [6.07, 6.45) is 3.86. The summed E-state index contributed by atoms with van der Waals surface area (Å²) >= 11 is 7.97. The van der Waals surface area contributed by atoms with Gasteiger partial charge in [0.15, 0.2) is 0 Å². The molecule has 2 aromatic carbocycles. The smallest absolute Gasteiger partial charge is 0.243 e. The molecule has 1 aliphatic heterocycles. The summed E-state index contributed by atoms with van der Waals surface area (Å²) in [7, 11) is 0. The third-order valence-electron chi connectivity index (χ3n) is 6.64. The van der Waals surface area contributed by atoms with Crippen LogP contribution in [0.1, 0.15) is 55.7 Å². The molecule has 0 unspecified atom stereocenters. The van der Waals surface area contributed by atoms with Crippen molar-refractivity contribution < 1.29 is 4.74 Å². The van der Waals surface area contributed by atoms with E-state index in [-0.39, 0.29) is 5.41 Å². The highest BCUT2D eigenvalue weighted by Crippen LogP contribution is 2.38. The predicted octanol–water partition coefficient (Wildman–Crippen LogP) is 7.80. The predicted molar refractivity (Wildman–Crippen MR) is 151 cm³/mol. The van der Waals surface area contributed by atoms with Crippen LogP contribution in [0.25, 0.3) is 0 Å². The molecule has 0 saturated carbocycles. The van der Waals surface area contributed by atoms with Crippen LogP contribution in [0.3, 0.4) is 0 Å². The van der Waals surface area contributed by atoms with Crippen LogP contribution in [0.5, 0.6) is 11.6 Å². The lowest BCUT2D eigenvalue weighted by Gasteiger charge is -2.31. The van der Waals surface area contributed by atoms with Gasteiger partial charge in [0, 0.05) is 29.2 Å². The summed E-state index contributed by atoms with van der Waals surface area (Å²) in [4.78, 5) is 6.96. The van der Waals surface area contributed by atoms with Crippen LogP contribution in [0, 0.1) is 0 Å². The van der Waals surface area contributed by atoms with Gasteiger partial charge in [-0.3, -0.25) is 4.90 Å².